The Morgan fingerprint density at radius 3 is 1.56 bits per heavy atom. The molecule has 0 nitrogen and oxygen atoms in total. The Morgan fingerprint density at radius 1 is 0.812 bits per heavy atom. The van der Waals surface area contributed by atoms with E-state index in [1.54, 1.807) is 0 Å². The molecule has 1 rings (SSSR count). The molecular weight excluding hydrogens is 191 g/mol. The zero-order chi connectivity index (χ0) is 12.2. The summed E-state index contributed by atoms with van der Waals surface area (Å²) >= 11 is 0. The molecule has 0 N–H and O–H groups in total. The Morgan fingerprint density at radius 2 is 1.19 bits per heavy atom. The van der Waals surface area contributed by atoms with Gasteiger partial charge in [0.05, 0.1) is 0 Å². The van der Waals surface area contributed by atoms with Crippen molar-refractivity contribution >= 4 is 7.85 Å². The van der Waals surface area contributed by atoms with E-state index in [9.17, 15) is 0 Å². The first-order valence-electron chi connectivity index (χ1n) is 7.36. The third-order valence-electron chi connectivity index (χ3n) is 5.10. The highest BCUT2D eigenvalue weighted by atomic mass is 14.3. The second-order valence-corrected chi connectivity index (χ2v) is 7.39. The standard InChI is InChI=1S/C15H31B/c1-13(2)14(3)9-5-7-11-15(4,16)12-8-6-10-14/h13H,5-12,16H2,1-4H3. The van der Waals surface area contributed by atoms with Crippen molar-refractivity contribution in [1.29, 1.82) is 0 Å². The van der Waals surface area contributed by atoms with Crippen LogP contribution in [-0.4, -0.2) is 7.85 Å². The van der Waals surface area contributed by atoms with E-state index in [0.717, 1.165) is 5.92 Å². The van der Waals surface area contributed by atoms with Crippen molar-refractivity contribution in [2.75, 3.05) is 0 Å². The molecule has 0 spiro atoms. The first-order chi connectivity index (χ1) is 7.36. The molecule has 0 aromatic heterocycles. The van der Waals surface area contributed by atoms with Crippen molar-refractivity contribution in [3.8, 4) is 0 Å². The molecule has 1 saturated carbocycles. The largest absolute Gasteiger partial charge is 0.109 e. The maximum Gasteiger partial charge on any atom is 0.109 e. The summed E-state index contributed by atoms with van der Waals surface area (Å²) in [4.78, 5) is 0. The van der Waals surface area contributed by atoms with Crippen LogP contribution in [0.1, 0.15) is 79.1 Å². The Balaban J connectivity index is 2.54. The van der Waals surface area contributed by atoms with Crippen LogP contribution in [0, 0.1) is 11.3 Å². The van der Waals surface area contributed by atoms with Gasteiger partial charge in [0.1, 0.15) is 7.85 Å². The van der Waals surface area contributed by atoms with Crippen LogP contribution in [0.2, 0.25) is 5.31 Å². The van der Waals surface area contributed by atoms with Gasteiger partial charge in [0.15, 0.2) is 0 Å². The fourth-order valence-corrected chi connectivity index (χ4v) is 3.09. The highest BCUT2D eigenvalue weighted by Gasteiger charge is 2.29. The predicted octanol–water partition coefficient (Wildman–Crippen LogP) is 4.59. The Hall–Kier alpha value is 0.0649. The van der Waals surface area contributed by atoms with Crippen LogP contribution in [0.4, 0.5) is 0 Å². The molecule has 1 aliphatic rings. The summed E-state index contributed by atoms with van der Waals surface area (Å²) in [5.41, 5.74) is 0.613. The summed E-state index contributed by atoms with van der Waals surface area (Å²) in [5.74, 6) is 0.847. The normalized spacial score (nSPS) is 38.6. The minimum atomic E-state index is 0.603. The van der Waals surface area contributed by atoms with Gasteiger partial charge in [-0.05, 0) is 24.2 Å². The van der Waals surface area contributed by atoms with Crippen LogP contribution in [0.25, 0.3) is 0 Å². The average molecular weight is 222 g/mol. The van der Waals surface area contributed by atoms with Crippen molar-refractivity contribution in [3.63, 3.8) is 0 Å². The smallest absolute Gasteiger partial charge is 0.0669 e. The maximum atomic E-state index is 2.52. The van der Waals surface area contributed by atoms with Gasteiger partial charge < -0.3 is 0 Å². The molecule has 0 aromatic rings. The van der Waals surface area contributed by atoms with Crippen molar-refractivity contribution in [2.24, 2.45) is 11.3 Å². The van der Waals surface area contributed by atoms with Gasteiger partial charge in [0, 0.05) is 0 Å². The Kier molecular flexibility index (Phi) is 4.95. The molecule has 1 fully saturated rings. The second kappa shape index (κ2) is 5.60. The average Bonchev–Trinajstić information content (AvgIpc) is 2.19. The lowest BCUT2D eigenvalue weighted by molar-refractivity contribution is 0.163. The molecule has 16 heavy (non-hydrogen) atoms. The molecule has 0 amide bonds. The van der Waals surface area contributed by atoms with Crippen molar-refractivity contribution < 1.29 is 0 Å². The summed E-state index contributed by atoms with van der Waals surface area (Å²) in [6, 6.07) is 0. The zero-order valence-electron chi connectivity index (χ0n) is 12.2. The van der Waals surface area contributed by atoms with E-state index in [2.05, 4.69) is 35.5 Å². The summed E-state index contributed by atoms with van der Waals surface area (Å²) in [6.45, 7) is 9.80. The molecule has 0 atom stereocenters. The summed E-state index contributed by atoms with van der Waals surface area (Å²) in [5, 5.41) is 0.603. The third kappa shape index (κ3) is 4.15. The topological polar surface area (TPSA) is 0 Å². The van der Waals surface area contributed by atoms with Gasteiger partial charge in [0.25, 0.3) is 0 Å². The van der Waals surface area contributed by atoms with E-state index in [4.69, 9.17) is 0 Å². The van der Waals surface area contributed by atoms with E-state index in [-0.39, 0.29) is 0 Å². The second-order valence-electron chi connectivity index (χ2n) is 7.39. The van der Waals surface area contributed by atoms with Crippen molar-refractivity contribution in [3.05, 3.63) is 0 Å². The third-order valence-corrected chi connectivity index (χ3v) is 5.10. The van der Waals surface area contributed by atoms with Gasteiger partial charge >= 0.3 is 0 Å². The highest BCUT2D eigenvalue weighted by molar-refractivity contribution is 6.14. The lowest BCUT2D eigenvalue weighted by Gasteiger charge is -2.36. The fourth-order valence-electron chi connectivity index (χ4n) is 3.09. The van der Waals surface area contributed by atoms with Crippen molar-refractivity contribution in [2.45, 2.75) is 84.4 Å². The van der Waals surface area contributed by atoms with E-state index >= 15 is 0 Å². The molecular formula is C15H31B. The maximum absolute atomic E-state index is 2.52. The molecule has 0 aliphatic heterocycles. The quantitative estimate of drug-likeness (QED) is 0.569. The lowest BCUT2D eigenvalue weighted by Crippen LogP contribution is -2.24. The van der Waals surface area contributed by atoms with Gasteiger partial charge in [-0.25, -0.2) is 0 Å². The summed E-state index contributed by atoms with van der Waals surface area (Å²) in [7, 11) is 2.45. The molecule has 0 aromatic carbocycles. The van der Waals surface area contributed by atoms with Crippen LogP contribution in [-0.2, 0) is 0 Å². The monoisotopic (exact) mass is 222 g/mol. The Bertz CT molecular complexity index is 191. The van der Waals surface area contributed by atoms with Crippen LogP contribution in [0.5, 0.6) is 0 Å². The first-order valence-corrected chi connectivity index (χ1v) is 7.36. The van der Waals surface area contributed by atoms with Crippen molar-refractivity contribution in [1.82, 2.24) is 0 Å². The number of hydrogen-bond donors (Lipinski definition) is 0. The molecule has 1 aliphatic carbocycles. The van der Waals surface area contributed by atoms with E-state index in [0.29, 0.717) is 10.7 Å². The minimum Gasteiger partial charge on any atom is -0.0669 e. The van der Waals surface area contributed by atoms with Gasteiger partial charge in [0.2, 0.25) is 0 Å². The van der Waals surface area contributed by atoms with Crippen LogP contribution < -0.4 is 0 Å². The Labute approximate surface area is 104 Å². The fraction of sp³-hybridized carbons (Fsp3) is 1.00. The van der Waals surface area contributed by atoms with E-state index < -0.39 is 0 Å². The molecule has 0 bridgehead atoms. The zero-order valence-corrected chi connectivity index (χ0v) is 12.2. The molecule has 0 unspecified atom stereocenters. The molecule has 94 valence electrons. The minimum absolute atomic E-state index is 0.603. The van der Waals surface area contributed by atoms with E-state index in [1.807, 2.05) is 0 Å². The number of hydrogen-bond acceptors (Lipinski definition) is 0. The molecule has 0 heterocycles. The van der Waals surface area contributed by atoms with Crippen LogP contribution >= 0.6 is 0 Å². The SMILES string of the molecule is BC1(C)CCCCC(C)(C(C)C)CCCC1. The summed E-state index contributed by atoms with van der Waals surface area (Å²) < 4.78 is 0. The molecule has 0 saturated heterocycles. The summed E-state index contributed by atoms with van der Waals surface area (Å²) in [6.07, 6.45) is 11.5. The predicted molar refractivity (Wildman–Crippen MR) is 76.8 cm³/mol. The number of rotatable bonds is 1. The van der Waals surface area contributed by atoms with Gasteiger partial charge in [-0.3, -0.25) is 0 Å². The highest BCUT2D eigenvalue weighted by Crippen LogP contribution is 2.42. The van der Waals surface area contributed by atoms with Crippen LogP contribution in [0.3, 0.4) is 0 Å². The van der Waals surface area contributed by atoms with Crippen LogP contribution in [0.15, 0.2) is 0 Å². The lowest BCUT2D eigenvalue weighted by atomic mass is 9.62. The van der Waals surface area contributed by atoms with Gasteiger partial charge in [-0.2, -0.15) is 0 Å². The van der Waals surface area contributed by atoms with Gasteiger partial charge in [-0.1, -0.05) is 71.5 Å². The molecule has 0 radical (unpaired) electrons. The molecule has 1 heteroatoms. The van der Waals surface area contributed by atoms with E-state index in [1.165, 1.54) is 51.4 Å². The first kappa shape index (κ1) is 14.1. The van der Waals surface area contributed by atoms with Gasteiger partial charge in [-0.15, -0.1) is 0 Å².